The lowest BCUT2D eigenvalue weighted by atomic mass is 9.68. The monoisotopic (exact) mass is 571 g/mol. The van der Waals surface area contributed by atoms with Crippen molar-refractivity contribution in [3.8, 4) is 11.5 Å². The third-order valence-corrected chi connectivity index (χ3v) is 8.33. The van der Waals surface area contributed by atoms with Gasteiger partial charge < -0.3 is 14.8 Å². The number of carbonyl (C=O) groups excluding carboxylic acids is 1. The van der Waals surface area contributed by atoms with Crippen molar-refractivity contribution >= 4 is 51.0 Å². The van der Waals surface area contributed by atoms with Gasteiger partial charge >= 0.3 is 0 Å². The molecule has 1 atom stereocenters. The first kappa shape index (κ1) is 26.7. The Kier molecular flexibility index (Phi) is 7.02. The lowest BCUT2D eigenvalue weighted by Crippen LogP contribution is -2.33. The Morgan fingerprint density at radius 1 is 0.925 bits per heavy atom. The second-order valence-electron chi connectivity index (χ2n) is 11.3. The van der Waals surface area contributed by atoms with Crippen molar-refractivity contribution < 1.29 is 14.3 Å². The number of halogens is 2. The topological polar surface area (TPSA) is 47.6 Å². The van der Waals surface area contributed by atoms with Crippen LogP contribution in [0, 0.1) is 5.41 Å². The number of nitrogens with one attached hydrogen (secondary N) is 1. The molecule has 1 heterocycles. The number of carbonyl (C=O) groups is 1. The van der Waals surface area contributed by atoms with Crippen molar-refractivity contribution in [3.63, 3.8) is 0 Å². The predicted octanol–water partition coefficient (Wildman–Crippen LogP) is 9.43. The van der Waals surface area contributed by atoms with Gasteiger partial charge in [-0.25, -0.2) is 0 Å². The first-order valence-electron chi connectivity index (χ1n) is 13.6. The average Bonchev–Trinajstić information content (AvgIpc) is 2.92. The first-order chi connectivity index (χ1) is 19.2. The number of hydrogen-bond acceptors (Lipinski definition) is 4. The van der Waals surface area contributed by atoms with Crippen molar-refractivity contribution in [2.75, 3.05) is 11.9 Å². The highest BCUT2D eigenvalue weighted by Crippen LogP contribution is 2.52. The molecule has 0 aromatic heterocycles. The van der Waals surface area contributed by atoms with E-state index in [1.165, 1.54) is 10.8 Å². The van der Waals surface area contributed by atoms with Gasteiger partial charge in [0.05, 0.1) is 12.6 Å². The van der Waals surface area contributed by atoms with Gasteiger partial charge in [-0.05, 0) is 71.0 Å². The standard InChI is InChI=1S/C34H31Cl2NO3/c1-4-39-30-15-21(11-14-29(30)40-19-22-9-12-23(35)16-26(22)36)33-32-25(17-34(2,3)18-28(32)38)31-24-8-6-5-7-20(24)10-13-27(31)37-33/h5-16,33,37H,4,17-19H2,1-3H3/t33-/m1/s1. The molecule has 1 N–H and O–H groups in total. The third-order valence-electron chi connectivity index (χ3n) is 7.74. The number of allylic oxidation sites excluding steroid dienone is 1. The van der Waals surface area contributed by atoms with Crippen LogP contribution in [0.3, 0.4) is 0 Å². The van der Waals surface area contributed by atoms with Gasteiger partial charge in [0, 0.05) is 38.9 Å². The van der Waals surface area contributed by atoms with E-state index in [-0.39, 0.29) is 23.8 Å². The first-order valence-corrected chi connectivity index (χ1v) is 14.4. The molecular weight excluding hydrogens is 541 g/mol. The lowest BCUT2D eigenvalue weighted by Gasteiger charge is -2.40. The summed E-state index contributed by atoms with van der Waals surface area (Å²) in [5.41, 5.74) is 5.88. The molecule has 0 bridgehead atoms. The van der Waals surface area contributed by atoms with E-state index < -0.39 is 0 Å². The fraction of sp³-hybridized carbons (Fsp3) is 0.265. The molecule has 40 heavy (non-hydrogen) atoms. The summed E-state index contributed by atoms with van der Waals surface area (Å²) >= 11 is 12.4. The second kappa shape index (κ2) is 10.5. The van der Waals surface area contributed by atoms with E-state index in [9.17, 15) is 4.79 Å². The molecule has 4 aromatic carbocycles. The average molecular weight is 573 g/mol. The number of hydrogen-bond donors (Lipinski definition) is 1. The van der Waals surface area contributed by atoms with Gasteiger partial charge in [-0.3, -0.25) is 4.79 Å². The van der Waals surface area contributed by atoms with E-state index in [0.717, 1.165) is 39.9 Å². The highest BCUT2D eigenvalue weighted by Gasteiger charge is 2.41. The van der Waals surface area contributed by atoms with Gasteiger partial charge in [-0.1, -0.05) is 79.5 Å². The summed E-state index contributed by atoms with van der Waals surface area (Å²) in [4.78, 5) is 13.8. The summed E-state index contributed by atoms with van der Waals surface area (Å²) in [5.74, 6) is 1.43. The summed E-state index contributed by atoms with van der Waals surface area (Å²) in [7, 11) is 0. The quantitative estimate of drug-likeness (QED) is 0.250. The maximum absolute atomic E-state index is 13.8. The fourth-order valence-electron chi connectivity index (χ4n) is 5.97. The lowest BCUT2D eigenvalue weighted by molar-refractivity contribution is -0.118. The highest BCUT2D eigenvalue weighted by molar-refractivity contribution is 6.35. The van der Waals surface area contributed by atoms with Gasteiger partial charge in [-0.15, -0.1) is 0 Å². The minimum Gasteiger partial charge on any atom is -0.490 e. The molecule has 2 aliphatic rings. The zero-order valence-electron chi connectivity index (χ0n) is 22.8. The van der Waals surface area contributed by atoms with Crippen LogP contribution in [0.15, 0.2) is 78.4 Å². The smallest absolute Gasteiger partial charge is 0.162 e. The van der Waals surface area contributed by atoms with Crippen molar-refractivity contribution in [2.24, 2.45) is 5.41 Å². The Labute approximate surface area is 244 Å². The van der Waals surface area contributed by atoms with E-state index in [0.29, 0.717) is 34.6 Å². The minimum absolute atomic E-state index is 0.108. The van der Waals surface area contributed by atoms with Crippen LogP contribution in [-0.4, -0.2) is 12.4 Å². The van der Waals surface area contributed by atoms with E-state index in [2.05, 4.69) is 55.6 Å². The molecule has 0 saturated carbocycles. The van der Waals surface area contributed by atoms with Crippen LogP contribution in [-0.2, 0) is 11.4 Å². The Morgan fingerprint density at radius 3 is 2.55 bits per heavy atom. The van der Waals surface area contributed by atoms with Crippen molar-refractivity contribution in [1.29, 1.82) is 0 Å². The number of ketones is 1. The van der Waals surface area contributed by atoms with Crippen LogP contribution >= 0.6 is 23.2 Å². The number of ether oxygens (including phenoxy) is 2. The highest BCUT2D eigenvalue weighted by atomic mass is 35.5. The van der Waals surface area contributed by atoms with Crippen LogP contribution in [0.5, 0.6) is 11.5 Å². The normalized spacial score (nSPS) is 17.7. The van der Waals surface area contributed by atoms with Gasteiger partial charge in [0.2, 0.25) is 0 Å². The summed E-state index contributed by atoms with van der Waals surface area (Å²) in [6.07, 6.45) is 1.36. The van der Waals surface area contributed by atoms with Crippen LogP contribution in [0.2, 0.25) is 10.0 Å². The number of anilines is 1. The molecule has 4 aromatic rings. The number of fused-ring (bicyclic) bond motifs is 4. The molecular formula is C34H31Cl2NO3. The molecule has 4 nitrogen and oxygen atoms in total. The van der Waals surface area contributed by atoms with Gasteiger partial charge in [0.1, 0.15) is 6.61 Å². The maximum atomic E-state index is 13.8. The van der Waals surface area contributed by atoms with E-state index >= 15 is 0 Å². The predicted molar refractivity (Wildman–Crippen MR) is 164 cm³/mol. The van der Waals surface area contributed by atoms with E-state index in [1.807, 2.05) is 31.2 Å². The number of Topliss-reactive ketones (excluding diaryl/α,β-unsaturated/α-hetero) is 1. The zero-order chi connectivity index (χ0) is 28.0. The second-order valence-corrected chi connectivity index (χ2v) is 12.1. The molecule has 0 saturated heterocycles. The molecule has 0 unspecified atom stereocenters. The van der Waals surface area contributed by atoms with Crippen molar-refractivity contribution in [1.82, 2.24) is 0 Å². The SMILES string of the molecule is CCOc1cc([C@H]2Nc3ccc4ccccc4c3C3=C2C(=O)CC(C)(C)C3)ccc1OCc1ccc(Cl)cc1Cl. The Morgan fingerprint density at radius 2 is 1.75 bits per heavy atom. The molecule has 1 aliphatic carbocycles. The van der Waals surface area contributed by atoms with Crippen LogP contribution in [0.4, 0.5) is 5.69 Å². The molecule has 1 aliphatic heterocycles. The molecule has 6 rings (SSSR count). The van der Waals surface area contributed by atoms with Crippen molar-refractivity contribution in [2.45, 2.75) is 46.3 Å². The fourth-order valence-corrected chi connectivity index (χ4v) is 6.44. The van der Waals surface area contributed by atoms with E-state index in [4.69, 9.17) is 32.7 Å². The van der Waals surface area contributed by atoms with Gasteiger partial charge in [-0.2, -0.15) is 0 Å². The maximum Gasteiger partial charge on any atom is 0.162 e. The largest absolute Gasteiger partial charge is 0.490 e. The zero-order valence-corrected chi connectivity index (χ0v) is 24.3. The number of benzene rings is 4. The van der Waals surface area contributed by atoms with Crippen LogP contribution < -0.4 is 14.8 Å². The summed E-state index contributed by atoms with van der Waals surface area (Å²) in [6, 6.07) is 23.7. The van der Waals surface area contributed by atoms with Crippen LogP contribution in [0.1, 0.15) is 56.3 Å². The van der Waals surface area contributed by atoms with E-state index in [1.54, 1.807) is 12.1 Å². The Bertz CT molecular complexity index is 1670. The minimum atomic E-state index is -0.286. The molecule has 0 fully saturated rings. The van der Waals surface area contributed by atoms with Gasteiger partial charge in [0.15, 0.2) is 17.3 Å². The third kappa shape index (κ3) is 4.95. The molecule has 0 spiro atoms. The summed E-state index contributed by atoms with van der Waals surface area (Å²) in [6.45, 7) is 7.07. The number of rotatable bonds is 6. The molecule has 6 heteroatoms. The molecule has 0 radical (unpaired) electrons. The molecule has 204 valence electrons. The van der Waals surface area contributed by atoms with Gasteiger partial charge in [0.25, 0.3) is 0 Å². The van der Waals surface area contributed by atoms with Crippen molar-refractivity contribution in [3.05, 3.63) is 105 Å². The van der Waals surface area contributed by atoms with Crippen LogP contribution in [0.25, 0.3) is 16.3 Å². The summed E-state index contributed by atoms with van der Waals surface area (Å²) < 4.78 is 12.2. The molecule has 0 amide bonds. The Hall–Kier alpha value is -3.47. The Balaban J connectivity index is 1.41. The summed E-state index contributed by atoms with van der Waals surface area (Å²) in [5, 5.41) is 7.19.